The normalized spacial score (nSPS) is 13.2. The Morgan fingerprint density at radius 3 is 2.20 bits per heavy atom. The topological polar surface area (TPSA) is 9.23 Å². The van der Waals surface area contributed by atoms with Crippen molar-refractivity contribution >= 4 is 24.2 Å². The minimum Gasteiger partial charge on any atom is -0.550 e. The molecule has 1 nitrogen and oxygen atoms in total. The fourth-order valence-corrected chi connectivity index (χ4v) is 0.994. The second-order valence-electron chi connectivity index (χ2n) is 2.88. The van der Waals surface area contributed by atoms with Crippen LogP contribution in [0.25, 0.3) is 0 Å². The second-order valence-corrected chi connectivity index (χ2v) is 7.87. The van der Waals surface area contributed by atoms with E-state index in [0.29, 0.717) is 0 Å². The predicted octanol–water partition coefficient (Wildman–Crippen LogP) is 3.26. The third-order valence-electron chi connectivity index (χ3n) is 0.684. The molecule has 3 heteroatoms. The Kier molecular flexibility index (Phi) is 4.73. The van der Waals surface area contributed by atoms with Gasteiger partial charge in [0, 0.05) is 0 Å². The highest BCUT2D eigenvalue weighted by Crippen LogP contribution is 2.02. The van der Waals surface area contributed by atoms with Gasteiger partial charge in [-0.25, -0.2) is 0 Å². The third kappa shape index (κ3) is 7.98. The van der Waals surface area contributed by atoms with Crippen LogP contribution in [-0.2, 0) is 4.43 Å². The number of allylic oxidation sites excluding steroid dienone is 2. The average molecular weight is 221 g/mol. The molecule has 0 radical (unpaired) electrons. The van der Waals surface area contributed by atoms with Crippen LogP contribution in [0.3, 0.4) is 0 Å². The molecule has 0 unspecified atom stereocenters. The van der Waals surface area contributed by atoms with Gasteiger partial charge >= 0.3 is 0 Å². The summed E-state index contributed by atoms with van der Waals surface area (Å²) in [5.74, 6) is 0. The summed E-state index contributed by atoms with van der Waals surface area (Å²) in [6.07, 6.45) is 5.48. The van der Waals surface area contributed by atoms with Gasteiger partial charge in [-0.1, -0.05) is 22.0 Å². The van der Waals surface area contributed by atoms with Crippen LogP contribution in [0.2, 0.25) is 19.6 Å². The van der Waals surface area contributed by atoms with Crippen LogP contribution < -0.4 is 0 Å². The quantitative estimate of drug-likeness (QED) is 0.403. The fraction of sp³-hybridized carbons (Fsp3) is 0.429. The fourth-order valence-electron chi connectivity index (χ4n) is 0.331. The zero-order valence-corrected chi connectivity index (χ0v) is 9.18. The maximum absolute atomic E-state index is 5.42. The minimum atomic E-state index is -1.34. The van der Waals surface area contributed by atoms with E-state index in [-0.39, 0.29) is 0 Å². The monoisotopic (exact) mass is 220 g/mol. The smallest absolute Gasteiger partial charge is 0.241 e. The molecule has 0 N–H and O–H groups in total. The van der Waals surface area contributed by atoms with Gasteiger partial charge in [0.25, 0.3) is 0 Å². The SMILES string of the molecule is C[Si](C)(C)OC=CC=CBr. The van der Waals surface area contributed by atoms with Crippen molar-refractivity contribution in [3.8, 4) is 0 Å². The molecule has 0 atom stereocenters. The van der Waals surface area contributed by atoms with Crippen LogP contribution in [0, 0.1) is 0 Å². The van der Waals surface area contributed by atoms with Crippen molar-refractivity contribution in [2.24, 2.45) is 0 Å². The summed E-state index contributed by atoms with van der Waals surface area (Å²) in [4.78, 5) is 1.79. The number of hydrogen-bond acceptors (Lipinski definition) is 1. The molecule has 0 amide bonds. The summed E-state index contributed by atoms with van der Waals surface area (Å²) in [5, 5.41) is 0. The molecule has 0 aliphatic carbocycles. The molecule has 0 aliphatic rings. The van der Waals surface area contributed by atoms with E-state index < -0.39 is 8.32 Å². The molecule has 10 heavy (non-hydrogen) atoms. The minimum absolute atomic E-state index is 1.34. The highest BCUT2D eigenvalue weighted by molar-refractivity contribution is 9.11. The Morgan fingerprint density at radius 1 is 1.20 bits per heavy atom. The standard InChI is InChI=1S/C7H13BrOSi/c1-10(2,3)9-7-5-4-6-8/h4-7H,1-3H3. The van der Waals surface area contributed by atoms with Gasteiger partial charge in [0.2, 0.25) is 8.32 Å². The van der Waals surface area contributed by atoms with E-state index in [2.05, 4.69) is 35.6 Å². The first-order chi connectivity index (χ1) is 4.56. The molecule has 58 valence electrons. The summed E-state index contributed by atoms with van der Waals surface area (Å²) in [6, 6.07) is 0. The lowest BCUT2D eigenvalue weighted by atomic mass is 10.6. The summed E-state index contributed by atoms with van der Waals surface area (Å²) in [5.41, 5.74) is 0. The van der Waals surface area contributed by atoms with Gasteiger partial charge in [-0.3, -0.25) is 0 Å². The number of hydrogen-bond donors (Lipinski definition) is 0. The van der Waals surface area contributed by atoms with Gasteiger partial charge in [-0.15, -0.1) is 0 Å². The van der Waals surface area contributed by atoms with Crippen molar-refractivity contribution in [3.05, 3.63) is 23.4 Å². The molecule has 0 rings (SSSR count). The van der Waals surface area contributed by atoms with Crippen molar-refractivity contribution in [1.82, 2.24) is 0 Å². The molecule has 0 aromatic heterocycles. The van der Waals surface area contributed by atoms with Gasteiger partial charge in [0.15, 0.2) is 0 Å². The van der Waals surface area contributed by atoms with Crippen LogP contribution >= 0.6 is 15.9 Å². The summed E-state index contributed by atoms with van der Waals surface area (Å²) in [6.45, 7) is 6.44. The lowest BCUT2D eigenvalue weighted by Crippen LogP contribution is -2.21. The number of halogens is 1. The largest absolute Gasteiger partial charge is 0.550 e. The lowest BCUT2D eigenvalue weighted by molar-refractivity contribution is 0.479. The molecule has 0 saturated carbocycles. The zero-order chi connectivity index (χ0) is 8.04. The van der Waals surface area contributed by atoms with Crippen LogP contribution in [0.1, 0.15) is 0 Å². The first-order valence-electron chi connectivity index (χ1n) is 3.16. The molecule has 0 fully saturated rings. The second kappa shape index (κ2) is 4.74. The maximum Gasteiger partial charge on any atom is 0.241 e. The van der Waals surface area contributed by atoms with Crippen molar-refractivity contribution in [2.75, 3.05) is 0 Å². The van der Waals surface area contributed by atoms with E-state index in [0.717, 1.165) is 0 Å². The van der Waals surface area contributed by atoms with Gasteiger partial charge in [0.05, 0.1) is 6.26 Å². The average Bonchev–Trinajstić information content (AvgIpc) is 1.78. The van der Waals surface area contributed by atoms with Gasteiger partial charge in [-0.2, -0.15) is 0 Å². The summed E-state index contributed by atoms with van der Waals surface area (Å²) in [7, 11) is -1.34. The summed E-state index contributed by atoms with van der Waals surface area (Å²) < 4.78 is 5.42. The molecule has 0 spiro atoms. The molecular formula is C7H13BrOSi. The molecule has 0 bridgehead atoms. The van der Waals surface area contributed by atoms with Gasteiger partial charge < -0.3 is 4.43 Å². The highest BCUT2D eigenvalue weighted by atomic mass is 79.9. The van der Waals surface area contributed by atoms with E-state index in [1.165, 1.54) is 0 Å². The molecule has 0 saturated heterocycles. The maximum atomic E-state index is 5.42. The van der Waals surface area contributed by atoms with Crippen LogP contribution in [0.15, 0.2) is 23.4 Å². The third-order valence-corrected chi connectivity index (χ3v) is 1.83. The Bertz CT molecular complexity index is 135. The van der Waals surface area contributed by atoms with E-state index in [1.54, 1.807) is 11.2 Å². The Hall–Kier alpha value is -0.0231. The molecule has 0 aromatic carbocycles. The summed E-state index contributed by atoms with van der Waals surface area (Å²) >= 11 is 3.15. The van der Waals surface area contributed by atoms with Crippen molar-refractivity contribution in [3.63, 3.8) is 0 Å². The van der Waals surface area contributed by atoms with E-state index >= 15 is 0 Å². The molecule has 0 aromatic rings. The predicted molar refractivity (Wildman–Crippen MR) is 51.6 cm³/mol. The van der Waals surface area contributed by atoms with Crippen molar-refractivity contribution in [2.45, 2.75) is 19.6 Å². The molecule has 0 heterocycles. The number of rotatable bonds is 3. The van der Waals surface area contributed by atoms with Crippen LogP contribution in [0.4, 0.5) is 0 Å². The molecular weight excluding hydrogens is 208 g/mol. The first kappa shape index (κ1) is 9.98. The Morgan fingerprint density at radius 2 is 1.80 bits per heavy atom. The highest BCUT2D eigenvalue weighted by Gasteiger charge is 2.12. The first-order valence-corrected chi connectivity index (χ1v) is 7.48. The van der Waals surface area contributed by atoms with Gasteiger partial charge in [0.1, 0.15) is 0 Å². The zero-order valence-electron chi connectivity index (χ0n) is 6.60. The lowest BCUT2D eigenvalue weighted by Gasteiger charge is -2.13. The van der Waals surface area contributed by atoms with Crippen molar-refractivity contribution in [1.29, 1.82) is 0 Å². The Balaban J connectivity index is 3.54. The van der Waals surface area contributed by atoms with Crippen LogP contribution in [-0.4, -0.2) is 8.32 Å². The van der Waals surface area contributed by atoms with E-state index in [9.17, 15) is 0 Å². The van der Waals surface area contributed by atoms with E-state index in [1.807, 2.05) is 12.2 Å². The van der Waals surface area contributed by atoms with Gasteiger partial charge in [-0.05, 0) is 30.7 Å². The van der Waals surface area contributed by atoms with Crippen molar-refractivity contribution < 1.29 is 4.43 Å². The molecule has 0 aliphatic heterocycles. The van der Waals surface area contributed by atoms with E-state index in [4.69, 9.17) is 4.43 Å². The Labute approximate surface area is 72.0 Å². The van der Waals surface area contributed by atoms with Crippen LogP contribution in [0.5, 0.6) is 0 Å².